The Balaban J connectivity index is 2.17. The molecule has 0 aliphatic heterocycles. The van der Waals surface area contributed by atoms with E-state index in [1.165, 1.54) is 0 Å². The van der Waals surface area contributed by atoms with Crippen molar-refractivity contribution in [2.75, 3.05) is 0 Å². The second-order valence-electron chi connectivity index (χ2n) is 7.83. The highest BCUT2D eigenvalue weighted by molar-refractivity contribution is 6.70. The molecule has 0 saturated carbocycles. The molecule has 0 saturated heterocycles. The van der Waals surface area contributed by atoms with Crippen LogP contribution in [0.3, 0.4) is 0 Å². The van der Waals surface area contributed by atoms with E-state index in [2.05, 4.69) is 62.9 Å². The van der Waals surface area contributed by atoms with Crippen LogP contribution in [-0.2, 0) is 0 Å². The molecule has 0 spiro atoms. The van der Waals surface area contributed by atoms with Crippen molar-refractivity contribution in [2.45, 2.75) is 40.4 Å². The first-order valence-electron chi connectivity index (χ1n) is 9.20. The Bertz CT molecular complexity index is 949. The molecule has 0 atom stereocenters. The monoisotopic (exact) mass is 377 g/mol. The van der Waals surface area contributed by atoms with Gasteiger partial charge in [0, 0.05) is 11.8 Å². The normalized spacial score (nSPS) is 12.3. The van der Waals surface area contributed by atoms with Crippen molar-refractivity contribution in [2.24, 2.45) is 4.99 Å². The first kappa shape index (κ1) is 19.1. The minimum Gasteiger partial charge on any atom is -0.543 e. The average Bonchev–Trinajstić information content (AvgIpc) is 2.92. The van der Waals surface area contributed by atoms with Crippen LogP contribution in [0.1, 0.15) is 22.4 Å². The molecule has 140 valence electrons. The topological polar surface area (TPSA) is 39.4 Å². The standard InChI is InChI=1S/C22H27N3OSi/c1-16-12-13-20(21(14-16)26-27(4,5)6)23-22(19-10-8-7-9-11-19)25-15-17(2)18(3)24-25/h7-15H,1-6H3. The third-order valence-electron chi connectivity index (χ3n) is 4.15. The Morgan fingerprint density at radius 3 is 2.30 bits per heavy atom. The fourth-order valence-corrected chi connectivity index (χ4v) is 3.55. The fraction of sp³-hybridized carbons (Fsp3) is 0.273. The van der Waals surface area contributed by atoms with Crippen molar-refractivity contribution in [3.63, 3.8) is 0 Å². The molecule has 0 amide bonds. The quantitative estimate of drug-likeness (QED) is 0.335. The van der Waals surface area contributed by atoms with Gasteiger partial charge in [-0.15, -0.1) is 0 Å². The molecule has 0 bridgehead atoms. The number of hydrogen-bond acceptors (Lipinski definition) is 3. The summed E-state index contributed by atoms with van der Waals surface area (Å²) in [4.78, 5) is 4.99. The number of nitrogens with zero attached hydrogens (tertiary/aromatic N) is 3. The van der Waals surface area contributed by atoms with E-state index in [4.69, 9.17) is 9.42 Å². The van der Waals surface area contributed by atoms with Crippen molar-refractivity contribution in [3.05, 3.63) is 77.1 Å². The van der Waals surface area contributed by atoms with E-state index in [-0.39, 0.29) is 0 Å². The van der Waals surface area contributed by atoms with Crippen molar-refractivity contribution >= 4 is 19.8 Å². The molecule has 3 rings (SSSR count). The molecular formula is C22H27N3OSi. The Hall–Kier alpha value is -2.66. The van der Waals surface area contributed by atoms with Crippen molar-refractivity contribution in [1.82, 2.24) is 9.78 Å². The first-order chi connectivity index (χ1) is 12.7. The lowest BCUT2D eigenvalue weighted by atomic mass is 10.2. The van der Waals surface area contributed by atoms with E-state index in [0.29, 0.717) is 0 Å². The minimum atomic E-state index is -1.76. The molecule has 1 heterocycles. The summed E-state index contributed by atoms with van der Waals surface area (Å²) < 4.78 is 8.18. The van der Waals surface area contributed by atoms with E-state index in [1.807, 2.05) is 42.1 Å². The van der Waals surface area contributed by atoms with Gasteiger partial charge in [-0.2, -0.15) is 5.10 Å². The van der Waals surface area contributed by atoms with Crippen LogP contribution in [0, 0.1) is 20.8 Å². The summed E-state index contributed by atoms with van der Waals surface area (Å²) in [6, 6.07) is 16.3. The van der Waals surface area contributed by atoms with Crippen molar-refractivity contribution in [3.8, 4) is 5.75 Å². The maximum Gasteiger partial charge on any atom is 0.242 e. The maximum atomic E-state index is 6.32. The lowest BCUT2D eigenvalue weighted by molar-refractivity contribution is 0.558. The van der Waals surface area contributed by atoms with Crippen LogP contribution in [0.5, 0.6) is 5.75 Å². The number of aromatic nitrogens is 2. The molecule has 0 aliphatic carbocycles. The zero-order valence-electron chi connectivity index (χ0n) is 16.9. The molecule has 0 fully saturated rings. The van der Waals surface area contributed by atoms with Crippen LogP contribution < -0.4 is 4.43 Å². The second-order valence-corrected chi connectivity index (χ2v) is 12.3. The third kappa shape index (κ3) is 4.74. The van der Waals surface area contributed by atoms with Gasteiger partial charge in [0.25, 0.3) is 0 Å². The zero-order valence-corrected chi connectivity index (χ0v) is 17.9. The molecule has 4 nitrogen and oxygen atoms in total. The van der Waals surface area contributed by atoms with Gasteiger partial charge in [-0.05, 0) is 63.7 Å². The summed E-state index contributed by atoms with van der Waals surface area (Å²) in [6.07, 6.45) is 2.02. The van der Waals surface area contributed by atoms with Gasteiger partial charge in [0.15, 0.2) is 5.84 Å². The van der Waals surface area contributed by atoms with Crippen molar-refractivity contribution in [1.29, 1.82) is 0 Å². The van der Waals surface area contributed by atoms with Crippen LogP contribution in [0.2, 0.25) is 19.6 Å². The Labute approximate surface area is 162 Å². The molecule has 0 N–H and O–H groups in total. The highest BCUT2D eigenvalue weighted by Crippen LogP contribution is 2.31. The molecule has 0 aliphatic rings. The van der Waals surface area contributed by atoms with Crippen molar-refractivity contribution < 1.29 is 4.43 Å². The van der Waals surface area contributed by atoms with Crippen LogP contribution in [-0.4, -0.2) is 23.9 Å². The Morgan fingerprint density at radius 1 is 1.00 bits per heavy atom. The molecule has 27 heavy (non-hydrogen) atoms. The average molecular weight is 378 g/mol. The molecule has 3 aromatic rings. The molecular weight excluding hydrogens is 350 g/mol. The summed E-state index contributed by atoms with van der Waals surface area (Å²) in [5, 5.41) is 4.66. The number of benzene rings is 2. The van der Waals surface area contributed by atoms with Gasteiger partial charge in [-0.25, -0.2) is 9.67 Å². The van der Waals surface area contributed by atoms with E-state index in [9.17, 15) is 0 Å². The number of aliphatic imine (C=N–C) groups is 1. The molecule has 1 aromatic heterocycles. The summed E-state index contributed by atoms with van der Waals surface area (Å²) in [5.74, 6) is 1.62. The van der Waals surface area contributed by atoms with E-state index < -0.39 is 8.32 Å². The molecule has 5 heteroatoms. The number of rotatable bonds is 4. The van der Waals surface area contributed by atoms with Crippen LogP contribution in [0.4, 0.5) is 5.69 Å². The van der Waals surface area contributed by atoms with E-state index in [1.54, 1.807) is 0 Å². The highest BCUT2D eigenvalue weighted by Gasteiger charge is 2.19. The third-order valence-corrected chi connectivity index (χ3v) is 4.98. The minimum absolute atomic E-state index is 0.788. The second kappa shape index (κ2) is 7.52. The van der Waals surface area contributed by atoms with Gasteiger partial charge in [-0.1, -0.05) is 36.4 Å². The zero-order chi connectivity index (χ0) is 19.6. The predicted octanol–water partition coefficient (Wildman–Crippen LogP) is 5.65. The van der Waals surface area contributed by atoms with E-state index in [0.717, 1.165) is 39.7 Å². The van der Waals surface area contributed by atoms with Gasteiger partial charge in [0.05, 0.1) is 5.69 Å². The lowest BCUT2D eigenvalue weighted by Gasteiger charge is -2.21. The Kier molecular flexibility index (Phi) is 5.33. The number of hydrogen-bond donors (Lipinski definition) is 0. The lowest BCUT2D eigenvalue weighted by Crippen LogP contribution is -2.29. The predicted molar refractivity (Wildman–Crippen MR) is 115 cm³/mol. The van der Waals surface area contributed by atoms with Gasteiger partial charge in [-0.3, -0.25) is 0 Å². The maximum absolute atomic E-state index is 6.32. The van der Waals surface area contributed by atoms with Crippen LogP contribution in [0.15, 0.2) is 59.7 Å². The van der Waals surface area contributed by atoms with Crippen LogP contribution in [0.25, 0.3) is 0 Å². The highest BCUT2D eigenvalue weighted by atomic mass is 28.4. The number of aryl methyl sites for hydroxylation is 3. The van der Waals surface area contributed by atoms with Gasteiger partial charge < -0.3 is 4.43 Å². The first-order valence-corrected chi connectivity index (χ1v) is 12.6. The summed E-state index contributed by atoms with van der Waals surface area (Å²) in [5.41, 5.74) is 5.14. The fourth-order valence-electron chi connectivity index (χ4n) is 2.73. The van der Waals surface area contributed by atoms with Crippen LogP contribution >= 0.6 is 0 Å². The molecule has 0 unspecified atom stereocenters. The molecule has 0 radical (unpaired) electrons. The smallest absolute Gasteiger partial charge is 0.242 e. The largest absolute Gasteiger partial charge is 0.543 e. The van der Waals surface area contributed by atoms with Gasteiger partial charge in [0.2, 0.25) is 8.32 Å². The summed E-state index contributed by atoms with van der Waals surface area (Å²) >= 11 is 0. The summed E-state index contributed by atoms with van der Waals surface area (Å²) in [7, 11) is -1.76. The summed E-state index contributed by atoms with van der Waals surface area (Å²) in [6.45, 7) is 12.7. The Morgan fingerprint density at radius 2 is 1.70 bits per heavy atom. The van der Waals surface area contributed by atoms with Gasteiger partial charge >= 0.3 is 0 Å². The van der Waals surface area contributed by atoms with Gasteiger partial charge in [0.1, 0.15) is 11.4 Å². The van der Waals surface area contributed by atoms with E-state index >= 15 is 0 Å². The SMILES string of the molecule is Cc1ccc(N=C(c2ccccc2)n2cc(C)c(C)n2)c(O[Si](C)(C)C)c1. The molecule has 2 aromatic carbocycles.